The van der Waals surface area contributed by atoms with E-state index in [0.29, 0.717) is 18.0 Å². The number of aromatic amines is 1. The smallest absolute Gasteiger partial charge is 0.230 e. The third kappa shape index (κ3) is 4.49. The Morgan fingerprint density at radius 2 is 1.90 bits per heavy atom. The zero-order valence-electron chi connectivity index (χ0n) is 17.2. The van der Waals surface area contributed by atoms with Crippen LogP contribution in [0.1, 0.15) is 5.56 Å². The summed E-state index contributed by atoms with van der Waals surface area (Å²) >= 11 is 1.37. The van der Waals surface area contributed by atoms with E-state index in [4.69, 9.17) is 9.47 Å². The van der Waals surface area contributed by atoms with Gasteiger partial charge < -0.3 is 19.8 Å². The quantitative estimate of drug-likeness (QED) is 0.321. The molecular formula is C23H22N4O3S. The largest absolute Gasteiger partial charge is 0.493 e. The number of amides is 1. The van der Waals surface area contributed by atoms with Gasteiger partial charge in [-0.3, -0.25) is 4.79 Å². The maximum atomic E-state index is 12.4. The standard InChI is InChI=1S/C23H22N4O3S/c1-29-18-10-6-9-16(22(18)30-2)11-24-19(28)13-31-23-21-20(26-14-27-23)17(12-25-21)15-7-4-3-5-8-15/h3-10,12,14,25H,11,13H2,1-2H3,(H,24,28). The van der Waals surface area contributed by atoms with Gasteiger partial charge in [-0.25, -0.2) is 9.97 Å². The molecule has 2 N–H and O–H groups in total. The Kier molecular flexibility index (Phi) is 6.37. The molecule has 0 radical (unpaired) electrons. The molecule has 0 unspecified atom stereocenters. The highest BCUT2D eigenvalue weighted by atomic mass is 32.2. The molecule has 7 nitrogen and oxygen atoms in total. The molecule has 158 valence electrons. The minimum Gasteiger partial charge on any atom is -0.493 e. The summed E-state index contributed by atoms with van der Waals surface area (Å²) in [5.74, 6) is 1.39. The second-order valence-corrected chi connectivity index (χ2v) is 7.65. The van der Waals surface area contributed by atoms with Gasteiger partial charge in [0, 0.05) is 23.9 Å². The van der Waals surface area contributed by atoms with E-state index in [0.717, 1.165) is 32.7 Å². The van der Waals surface area contributed by atoms with Crippen LogP contribution in [0.25, 0.3) is 22.2 Å². The second kappa shape index (κ2) is 9.53. The van der Waals surface area contributed by atoms with Crippen LogP contribution in [0.15, 0.2) is 66.1 Å². The van der Waals surface area contributed by atoms with Crippen LogP contribution in [0, 0.1) is 0 Å². The van der Waals surface area contributed by atoms with Gasteiger partial charge in [0.1, 0.15) is 16.9 Å². The third-order valence-electron chi connectivity index (χ3n) is 4.81. The van der Waals surface area contributed by atoms with Gasteiger partial charge in [0.2, 0.25) is 5.91 Å². The Balaban J connectivity index is 1.43. The van der Waals surface area contributed by atoms with Crippen molar-refractivity contribution in [3.63, 3.8) is 0 Å². The summed E-state index contributed by atoms with van der Waals surface area (Å²) in [6, 6.07) is 15.6. The molecule has 4 aromatic rings. The molecule has 2 aromatic heterocycles. The maximum Gasteiger partial charge on any atom is 0.230 e. The number of fused-ring (bicyclic) bond motifs is 1. The van der Waals surface area contributed by atoms with Gasteiger partial charge in [-0.1, -0.05) is 54.2 Å². The number of para-hydroxylation sites is 1. The molecule has 0 fully saturated rings. The van der Waals surface area contributed by atoms with Crippen LogP contribution in [0.5, 0.6) is 11.5 Å². The number of ether oxygens (including phenoxy) is 2. The topological polar surface area (TPSA) is 89.1 Å². The highest BCUT2D eigenvalue weighted by Gasteiger charge is 2.14. The Morgan fingerprint density at radius 3 is 2.68 bits per heavy atom. The van der Waals surface area contributed by atoms with Crippen molar-refractivity contribution in [1.29, 1.82) is 0 Å². The number of aromatic nitrogens is 3. The fraction of sp³-hybridized carbons (Fsp3) is 0.174. The van der Waals surface area contributed by atoms with Crippen LogP contribution in [0.3, 0.4) is 0 Å². The number of hydrogen-bond acceptors (Lipinski definition) is 6. The van der Waals surface area contributed by atoms with Crippen molar-refractivity contribution >= 4 is 28.7 Å². The minimum atomic E-state index is -0.100. The summed E-state index contributed by atoms with van der Waals surface area (Å²) in [7, 11) is 3.17. The fourth-order valence-electron chi connectivity index (χ4n) is 3.34. The van der Waals surface area contributed by atoms with E-state index in [2.05, 4.69) is 20.3 Å². The van der Waals surface area contributed by atoms with E-state index in [1.54, 1.807) is 14.2 Å². The van der Waals surface area contributed by atoms with Gasteiger partial charge in [0.25, 0.3) is 0 Å². The highest BCUT2D eigenvalue weighted by molar-refractivity contribution is 8.00. The van der Waals surface area contributed by atoms with Gasteiger partial charge in [-0.2, -0.15) is 0 Å². The van der Waals surface area contributed by atoms with E-state index < -0.39 is 0 Å². The van der Waals surface area contributed by atoms with Crippen molar-refractivity contribution in [2.75, 3.05) is 20.0 Å². The summed E-state index contributed by atoms with van der Waals surface area (Å²) < 4.78 is 10.7. The zero-order chi connectivity index (χ0) is 21.6. The van der Waals surface area contributed by atoms with Gasteiger partial charge in [-0.15, -0.1) is 0 Å². The molecule has 2 heterocycles. The fourth-order valence-corrected chi connectivity index (χ4v) is 4.13. The molecule has 0 saturated carbocycles. The van der Waals surface area contributed by atoms with Gasteiger partial charge in [0.05, 0.1) is 25.5 Å². The number of thioether (sulfide) groups is 1. The molecule has 0 bridgehead atoms. The Hall–Kier alpha value is -3.52. The summed E-state index contributed by atoms with van der Waals surface area (Å²) in [5.41, 5.74) is 4.60. The number of nitrogens with zero attached hydrogens (tertiary/aromatic N) is 2. The molecular weight excluding hydrogens is 412 g/mol. The molecule has 4 rings (SSSR count). The lowest BCUT2D eigenvalue weighted by atomic mass is 10.1. The highest BCUT2D eigenvalue weighted by Crippen LogP contribution is 2.32. The number of methoxy groups -OCH3 is 2. The van der Waals surface area contributed by atoms with Crippen LogP contribution in [0.4, 0.5) is 0 Å². The minimum absolute atomic E-state index is 0.100. The molecule has 8 heteroatoms. The van der Waals surface area contributed by atoms with Crippen molar-refractivity contribution in [3.8, 4) is 22.6 Å². The molecule has 0 saturated heterocycles. The van der Waals surface area contributed by atoms with Crippen LogP contribution in [-0.4, -0.2) is 40.8 Å². The average Bonchev–Trinajstić information content (AvgIpc) is 3.26. The Labute approximate surface area is 184 Å². The summed E-state index contributed by atoms with van der Waals surface area (Å²) in [6.07, 6.45) is 3.46. The summed E-state index contributed by atoms with van der Waals surface area (Å²) in [5, 5.41) is 3.66. The first-order valence-electron chi connectivity index (χ1n) is 9.68. The van der Waals surface area contributed by atoms with Crippen LogP contribution in [-0.2, 0) is 11.3 Å². The zero-order valence-corrected chi connectivity index (χ0v) is 18.0. The lowest BCUT2D eigenvalue weighted by Crippen LogP contribution is -2.24. The number of H-pyrrole nitrogens is 1. The lowest BCUT2D eigenvalue weighted by Gasteiger charge is -2.13. The van der Waals surface area contributed by atoms with Crippen LogP contribution < -0.4 is 14.8 Å². The normalized spacial score (nSPS) is 10.8. The van der Waals surface area contributed by atoms with Crippen molar-refractivity contribution in [2.45, 2.75) is 11.6 Å². The molecule has 0 aliphatic rings. The van der Waals surface area contributed by atoms with E-state index >= 15 is 0 Å². The SMILES string of the molecule is COc1cccc(CNC(=O)CSc2ncnc3c(-c4ccccc4)c[nH]c23)c1OC. The summed E-state index contributed by atoms with van der Waals surface area (Å²) in [4.78, 5) is 24.5. The lowest BCUT2D eigenvalue weighted by molar-refractivity contribution is -0.118. The van der Waals surface area contributed by atoms with Crippen molar-refractivity contribution in [2.24, 2.45) is 0 Å². The van der Waals surface area contributed by atoms with Crippen LogP contribution in [0.2, 0.25) is 0 Å². The number of hydrogen-bond donors (Lipinski definition) is 2. The molecule has 0 aliphatic heterocycles. The predicted octanol–water partition coefficient (Wildman–Crippen LogP) is 4.05. The van der Waals surface area contributed by atoms with Gasteiger partial charge in [-0.05, 0) is 11.6 Å². The molecule has 31 heavy (non-hydrogen) atoms. The monoisotopic (exact) mass is 434 g/mol. The molecule has 0 aliphatic carbocycles. The number of rotatable bonds is 8. The number of benzene rings is 2. The second-order valence-electron chi connectivity index (χ2n) is 6.69. The van der Waals surface area contributed by atoms with Crippen molar-refractivity contribution in [3.05, 3.63) is 66.6 Å². The number of carbonyl (C=O) groups is 1. The first kappa shape index (κ1) is 20.7. The third-order valence-corrected chi connectivity index (χ3v) is 5.80. The predicted molar refractivity (Wildman–Crippen MR) is 121 cm³/mol. The molecule has 1 amide bonds. The molecule has 0 atom stereocenters. The van der Waals surface area contributed by atoms with Crippen molar-refractivity contribution in [1.82, 2.24) is 20.3 Å². The molecule has 2 aromatic carbocycles. The number of carbonyl (C=O) groups excluding carboxylic acids is 1. The number of nitrogens with one attached hydrogen (secondary N) is 2. The van der Waals surface area contributed by atoms with E-state index in [9.17, 15) is 4.79 Å². The van der Waals surface area contributed by atoms with Crippen molar-refractivity contribution < 1.29 is 14.3 Å². The van der Waals surface area contributed by atoms with E-state index in [-0.39, 0.29) is 11.7 Å². The van der Waals surface area contributed by atoms with E-state index in [1.807, 2.05) is 54.7 Å². The Bertz CT molecular complexity index is 1190. The Morgan fingerprint density at radius 1 is 1.06 bits per heavy atom. The van der Waals surface area contributed by atoms with E-state index in [1.165, 1.54) is 18.1 Å². The molecule has 0 spiro atoms. The first-order chi connectivity index (χ1) is 15.2. The summed E-state index contributed by atoms with van der Waals surface area (Å²) in [6.45, 7) is 0.347. The maximum absolute atomic E-state index is 12.4. The van der Waals surface area contributed by atoms with Gasteiger partial charge in [0.15, 0.2) is 11.5 Å². The van der Waals surface area contributed by atoms with Gasteiger partial charge >= 0.3 is 0 Å². The van der Waals surface area contributed by atoms with Crippen LogP contribution >= 0.6 is 11.8 Å². The average molecular weight is 435 g/mol. The first-order valence-corrected chi connectivity index (χ1v) is 10.7.